The molecule has 4 atom stereocenters. The van der Waals surface area contributed by atoms with E-state index >= 15 is 0 Å². The average molecular weight is 790 g/mol. The zero-order valence-electron chi connectivity index (χ0n) is 32.5. The van der Waals surface area contributed by atoms with E-state index in [1.165, 1.54) is 6.42 Å². The number of halogens is 1. The van der Waals surface area contributed by atoms with Crippen molar-refractivity contribution in [1.29, 1.82) is 0 Å². The first-order valence-electron chi connectivity index (χ1n) is 19.5. The van der Waals surface area contributed by atoms with Gasteiger partial charge in [-0.2, -0.15) is 4.98 Å². The number of carbonyl (C=O) groups excluding carboxylic acids is 2. The highest BCUT2D eigenvalue weighted by Crippen LogP contribution is 2.33. The number of piperidine rings is 1. The summed E-state index contributed by atoms with van der Waals surface area (Å²) in [6, 6.07) is 17.8. The Bertz CT molecular complexity index is 1980. The van der Waals surface area contributed by atoms with Gasteiger partial charge in [0.2, 0.25) is 11.8 Å². The molecule has 4 aromatic rings. The van der Waals surface area contributed by atoms with Gasteiger partial charge >= 0.3 is 0 Å². The lowest BCUT2D eigenvalue weighted by Gasteiger charge is -2.32. The first-order valence-corrected chi connectivity index (χ1v) is 19.9. The summed E-state index contributed by atoms with van der Waals surface area (Å²) in [5.74, 6) is 0.771. The topological polar surface area (TPSA) is 157 Å². The van der Waals surface area contributed by atoms with Gasteiger partial charge in [-0.05, 0) is 68.9 Å². The van der Waals surface area contributed by atoms with E-state index in [4.69, 9.17) is 40.3 Å². The number of imidazole rings is 1. The fraction of sp³-hybridized carbons (Fsp3) is 0.524. The third kappa shape index (κ3) is 9.46. The molecule has 14 heteroatoms. The number of aromatic nitrogens is 3. The number of likely N-dealkylation sites (tertiary alicyclic amines) is 1. The highest BCUT2D eigenvalue weighted by Gasteiger charge is 2.48. The van der Waals surface area contributed by atoms with Crippen molar-refractivity contribution in [3.05, 3.63) is 59.6 Å². The molecule has 0 spiro atoms. The Hall–Kier alpha value is -4.27. The van der Waals surface area contributed by atoms with Crippen LogP contribution in [0, 0.1) is 5.41 Å². The molecule has 4 unspecified atom stereocenters. The number of carbonyl (C=O) groups is 2. The second kappa shape index (κ2) is 17.1. The summed E-state index contributed by atoms with van der Waals surface area (Å²) >= 11 is 6.67. The van der Waals surface area contributed by atoms with Gasteiger partial charge in [-0.3, -0.25) is 9.59 Å². The van der Waals surface area contributed by atoms with Crippen molar-refractivity contribution in [2.24, 2.45) is 5.41 Å². The van der Waals surface area contributed by atoms with Gasteiger partial charge < -0.3 is 44.0 Å². The van der Waals surface area contributed by atoms with Crippen LogP contribution in [0.15, 0.2) is 54.6 Å². The quantitative estimate of drug-likeness (QED) is 0.123. The van der Waals surface area contributed by atoms with E-state index in [-0.39, 0.29) is 30.5 Å². The van der Waals surface area contributed by atoms with E-state index in [2.05, 4.69) is 15.3 Å². The number of amides is 2. The van der Waals surface area contributed by atoms with Crippen molar-refractivity contribution >= 4 is 34.6 Å². The average Bonchev–Trinajstić information content (AvgIpc) is 3.89. The number of hydrogen-bond donors (Lipinski definition) is 3. The van der Waals surface area contributed by atoms with E-state index in [9.17, 15) is 14.7 Å². The fourth-order valence-corrected chi connectivity index (χ4v) is 7.61. The summed E-state index contributed by atoms with van der Waals surface area (Å²) in [7, 11) is 0. The maximum atomic E-state index is 13.0. The number of nitrogens with one attached hydrogen (secondary N) is 2. The van der Waals surface area contributed by atoms with Gasteiger partial charge in [0.15, 0.2) is 11.8 Å². The number of nitrogens with zero attached hydrogens (tertiary/aromatic N) is 3. The molecule has 2 amide bonds. The highest BCUT2D eigenvalue weighted by molar-refractivity contribution is 6.33. The molecule has 3 aliphatic rings. The third-order valence-electron chi connectivity index (χ3n) is 10.8. The van der Waals surface area contributed by atoms with E-state index in [0.29, 0.717) is 66.8 Å². The van der Waals surface area contributed by atoms with Crippen molar-refractivity contribution in [2.45, 2.75) is 89.8 Å². The Morgan fingerprint density at radius 1 is 0.929 bits per heavy atom. The number of hydrogen-bond acceptors (Lipinski definition) is 10. The number of rotatable bonds is 15. The molecule has 3 aliphatic heterocycles. The second-order valence-corrected chi connectivity index (χ2v) is 16.5. The van der Waals surface area contributed by atoms with Gasteiger partial charge in [-0.1, -0.05) is 61.8 Å². The Morgan fingerprint density at radius 3 is 2.34 bits per heavy atom. The van der Waals surface area contributed by atoms with Gasteiger partial charge in [-0.15, -0.1) is 0 Å². The molecule has 7 rings (SSSR count). The number of fused-ring (bicyclic) bond motifs is 2. The van der Waals surface area contributed by atoms with Gasteiger partial charge in [0.25, 0.3) is 6.01 Å². The molecule has 0 aliphatic carbocycles. The molecule has 0 bridgehead atoms. The van der Waals surface area contributed by atoms with Gasteiger partial charge in [-0.25, -0.2) is 4.98 Å². The lowest BCUT2D eigenvalue weighted by atomic mass is 9.88. The smallest absolute Gasteiger partial charge is 0.296 e. The zero-order chi connectivity index (χ0) is 39.5. The predicted molar refractivity (Wildman–Crippen MR) is 212 cm³/mol. The molecule has 2 aromatic heterocycles. The molecule has 13 nitrogen and oxygen atoms in total. The van der Waals surface area contributed by atoms with Crippen LogP contribution in [0.2, 0.25) is 5.02 Å². The number of pyridine rings is 1. The van der Waals surface area contributed by atoms with Crippen LogP contribution in [0.1, 0.15) is 59.8 Å². The number of aromatic amines is 1. The number of ether oxygens (including phenoxy) is 5. The molecule has 3 N–H and O–H groups in total. The number of H-pyrrole nitrogens is 1. The Morgan fingerprint density at radius 2 is 1.61 bits per heavy atom. The van der Waals surface area contributed by atoms with E-state index < -0.39 is 29.3 Å². The molecule has 5 heterocycles. The van der Waals surface area contributed by atoms with Crippen LogP contribution >= 0.6 is 11.6 Å². The maximum Gasteiger partial charge on any atom is 0.296 e. The minimum atomic E-state index is -0.658. The number of aliphatic hydroxyl groups is 1. The van der Waals surface area contributed by atoms with Crippen LogP contribution in [-0.2, 0) is 23.8 Å². The number of benzene rings is 2. The van der Waals surface area contributed by atoms with Crippen molar-refractivity contribution in [1.82, 2.24) is 25.2 Å². The van der Waals surface area contributed by atoms with Crippen LogP contribution in [0.25, 0.3) is 33.5 Å². The summed E-state index contributed by atoms with van der Waals surface area (Å²) in [5, 5.41) is 13.5. The minimum Gasteiger partial charge on any atom is -0.492 e. The monoisotopic (exact) mass is 789 g/mol. The lowest BCUT2D eigenvalue weighted by molar-refractivity contribution is -0.140. The first-order chi connectivity index (χ1) is 26.8. The third-order valence-corrected chi connectivity index (χ3v) is 11.1. The minimum absolute atomic E-state index is 0.0697. The second-order valence-electron chi connectivity index (χ2n) is 16.1. The van der Waals surface area contributed by atoms with Crippen LogP contribution in [-0.4, -0.2) is 113 Å². The van der Waals surface area contributed by atoms with Gasteiger partial charge in [0, 0.05) is 30.7 Å². The summed E-state index contributed by atoms with van der Waals surface area (Å²) in [6.45, 7) is 10.9. The van der Waals surface area contributed by atoms with E-state index in [0.717, 1.165) is 42.6 Å². The van der Waals surface area contributed by atoms with Crippen molar-refractivity contribution in [2.75, 3.05) is 46.1 Å². The Kier molecular flexibility index (Phi) is 12.2. The standard InChI is InChI=1S/C42H52ClN5O8/c1-41(2,16-20-55-42(3,4)23-34(50)48-18-6-5-7-19-48)39(51)44-17-21-52-29-14-12-27(13-15-29)26-8-10-28(11-9-26)35-30(43)22-31-38(46-35)47-40(45-31)56-33-25-54-36-32(49)24-53-37(33)36/h8-15,22,32-33,36-37,49H,5-7,16-21,23-25H2,1-4H3,(H,44,51)(H,45,46,47). The molecule has 2 aromatic carbocycles. The normalized spacial score (nSPS) is 21.3. The zero-order valence-corrected chi connectivity index (χ0v) is 33.3. The summed E-state index contributed by atoms with van der Waals surface area (Å²) in [5.41, 5.74) is 3.35. The SMILES string of the molecule is CC(C)(CC(=O)N1CCCCC1)OCCC(C)(C)C(=O)NCCOc1ccc(-c2ccc(-c3nc4nc(OC5COC6C(O)COC56)[nH]c4cc3Cl)cc2)cc1. The van der Waals surface area contributed by atoms with Crippen LogP contribution < -0.4 is 14.8 Å². The maximum absolute atomic E-state index is 13.0. The lowest BCUT2D eigenvalue weighted by Crippen LogP contribution is -2.42. The van der Waals surface area contributed by atoms with Crippen LogP contribution in [0.3, 0.4) is 0 Å². The molecule has 56 heavy (non-hydrogen) atoms. The summed E-state index contributed by atoms with van der Waals surface area (Å²) < 4.78 is 29.3. The van der Waals surface area contributed by atoms with E-state index in [1.54, 1.807) is 6.07 Å². The van der Waals surface area contributed by atoms with Crippen molar-refractivity contribution < 1.29 is 38.4 Å². The van der Waals surface area contributed by atoms with Gasteiger partial charge in [0.05, 0.1) is 48.0 Å². The molecule has 0 saturated carbocycles. The van der Waals surface area contributed by atoms with Crippen molar-refractivity contribution in [3.8, 4) is 34.1 Å². The predicted octanol–water partition coefficient (Wildman–Crippen LogP) is 5.96. The Labute approximate surface area is 332 Å². The first kappa shape index (κ1) is 39.9. The van der Waals surface area contributed by atoms with Crippen LogP contribution in [0.4, 0.5) is 0 Å². The summed E-state index contributed by atoms with van der Waals surface area (Å²) in [6.07, 6.45) is 2.39. The molecule has 3 saturated heterocycles. The van der Waals surface area contributed by atoms with Crippen LogP contribution in [0.5, 0.6) is 11.8 Å². The molecule has 3 fully saturated rings. The molecular weight excluding hydrogens is 738 g/mol. The number of aliphatic hydroxyl groups excluding tert-OH is 1. The Balaban J connectivity index is 0.852. The highest BCUT2D eigenvalue weighted by atomic mass is 35.5. The molecule has 0 radical (unpaired) electrons. The fourth-order valence-electron chi connectivity index (χ4n) is 7.35. The van der Waals surface area contributed by atoms with Crippen molar-refractivity contribution in [3.63, 3.8) is 0 Å². The van der Waals surface area contributed by atoms with E-state index in [1.807, 2.05) is 81.1 Å². The molecular formula is C42H52ClN5O8. The molecule has 300 valence electrons. The largest absolute Gasteiger partial charge is 0.492 e. The van der Waals surface area contributed by atoms with Gasteiger partial charge in [0.1, 0.15) is 30.7 Å². The summed E-state index contributed by atoms with van der Waals surface area (Å²) in [4.78, 5) is 40.0.